The first-order chi connectivity index (χ1) is 10.3. The van der Waals surface area contributed by atoms with Crippen LogP contribution in [0.15, 0.2) is 6.07 Å². The molecule has 1 aliphatic carbocycles. The minimum absolute atomic E-state index is 0.322. The molecule has 2 rings (SSSR count). The number of rotatable bonds is 7. The highest BCUT2D eigenvalue weighted by molar-refractivity contribution is 5.38. The molecule has 1 fully saturated rings. The number of aromatic nitrogens is 2. The van der Waals surface area contributed by atoms with E-state index in [0.717, 1.165) is 43.3 Å². The van der Waals surface area contributed by atoms with Gasteiger partial charge in [-0.15, -0.1) is 0 Å². The lowest BCUT2D eigenvalue weighted by molar-refractivity contribution is 0.0855. The molecule has 1 aromatic heterocycles. The number of nitrogens with one attached hydrogen (secondary N) is 1. The Bertz CT molecular complexity index is 436. The molecule has 4 nitrogen and oxygen atoms in total. The maximum absolute atomic E-state index is 6.23. The molecule has 1 heterocycles. The van der Waals surface area contributed by atoms with Crippen molar-refractivity contribution in [3.63, 3.8) is 0 Å². The maximum atomic E-state index is 6.23. The van der Waals surface area contributed by atoms with E-state index in [1.54, 1.807) is 0 Å². The third-order valence-electron chi connectivity index (χ3n) is 4.26. The molecule has 21 heavy (non-hydrogen) atoms. The molecule has 1 aliphatic rings. The van der Waals surface area contributed by atoms with E-state index < -0.39 is 0 Å². The number of nitrogens with zero attached hydrogens (tertiary/aromatic N) is 2. The van der Waals surface area contributed by atoms with Crippen molar-refractivity contribution < 1.29 is 4.74 Å². The topological polar surface area (TPSA) is 47.0 Å². The van der Waals surface area contributed by atoms with Crippen molar-refractivity contribution >= 4 is 5.82 Å². The molecule has 0 spiro atoms. The summed E-state index contributed by atoms with van der Waals surface area (Å²) < 4.78 is 6.23. The van der Waals surface area contributed by atoms with Gasteiger partial charge in [0.2, 0.25) is 5.88 Å². The summed E-state index contributed by atoms with van der Waals surface area (Å²) in [5, 5.41) is 3.34. The van der Waals surface area contributed by atoms with Gasteiger partial charge in [-0.05, 0) is 38.0 Å². The van der Waals surface area contributed by atoms with Crippen LogP contribution < -0.4 is 10.1 Å². The Morgan fingerprint density at radius 2 is 2.00 bits per heavy atom. The van der Waals surface area contributed by atoms with Crippen molar-refractivity contribution in [2.24, 2.45) is 5.92 Å². The molecular formula is C17H29N3O. The number of hydrogen-bond acceptors (Lipinski definition) is 4. The monoisotopic (exact) mass is 291 g/mol. The molecule has 2 unspecified atom stereocenters. The lowest BCUT2D eigenvalue weighted by Crippen LogP contribution is -2.30. The standard InChI is InChI=1S/C17H29N3O/c1-4-11-18-16-12-17(20-15(6-3)19-16)21-14-10-8-7-9-13(14)5-2/h12-14H,4-11H2,1-3H3,(H,18,19,20). The second kappa shape index (κ2) is 8.20. The summed E-state index contributed by atoms with van der Waals surface area (Å²) in [6, 6.07) is 1.95. The fraction of sp³-hybridized carbons (Fsp3) is 0.765. The summed E-state index contributed by atoms with van der Waals surface area (Å²) in [6.45, 7) is 7.43. The van der Waals surface area contributed by atoms with Crippen LogP contribution in [-0.2, 0) is 6.42 Å². The first-order valence-corrected chi connectivity index (χ1v) is 8.55. The molecule has 4 heteroatoms. The molecular weight excluding hydrogens is 262 g/mol. The summed E-state index contributed by atoms with van der Waals surface area (Å²) in [7, 11) is 0. The summed E-state index contributed by atoms with van der Waals surface area (Å²) in [4.78, 5) is 9.07. The van der Waals surface area contributed by atoms with Crippen LogP contribution in [0.3, 0.4) is 0 Å². The van der Waals surface area contributed by atoms with E-state index in [-0.39, 0.29) is 0 Å². The molecule has 0 aromatic carbocycles. The Morgan fingerprint density at radius 3 is 2.71 bits per heavy atom. The molecule has 118 valence electrons. The van der Waals surface area contributed by atoms with Gasteiger partial charge >= 0.3 is 0 Å². The lowest BCUT2D eigenvalue weighted by Gasteiger charge is -2.30. The predicted octanol–water partition coefficient (Wildman–Crippen LogP) is 4.21. The van der Waals surface area contributed by atoms with Crippen molar-refractivity contribution in [3.8, 4) is 5.88 Å². The molecule has 2 atom stereocenters. The number of ether oxygens (including phenoxy) is 1. The zero-order chi connectivity index (χ0) is 15.1. The van der Waals surface area contributed by atoms with Crippen molar-refractivity contribution in [1.82, 2.24) is 9.97 Å². The van der Waals surface area contributed by atoms with Gasteiger partial charge in [-0.3, -0.25) is 0 Å². The van der Waals surface area contributed by atoms with Crippen LogP contribution >= 0.6 is 0 Å². The average Bonchev–Trinajstić information content (AvgIpc) is 2.53. The Labute approximate surface area is 128 Å². The number of aryl methyl sites for hydroxylation is 1. The van der Waals surface area contributed by atoms with Crippen LogP contribution in [0.2, 0.25) is 0 Å². The summed E-state index contributed by atoms with van der Waals surface area (Å²) in [5.41, 5.74) is 0. The SMILES string of the molecule is CCCNc1cc(OC2CCCCC2CC)nc(CC)n1. The molecule has 0 bridgehead atoms. The van der Waals surface area contributed by atoms with Crippen molar-refractivity contribution in [1.29, 1.82) is 0 Å². The van der Waals surface area contributed by atoms with Gasteiger partial charge in [0.1, 0.15) is 17.7 Å². The number of anilines is 1. The van der Waals surface area contributed by atoms with Gasteiger partial charge in [0.15, 0.2) is 0 Å². The summed E-state index contributed by atoms with van der Waals surface area (Å²) >= 11 is 0. The van der Waals surface area contributed by atoms with Crippen molar-refractivity contribution in [3.05, 3.63) is 11.9 Å². The van der Waals surface area contributed by atoms with Gasteiger partial charge in [0, 0.05) is 19.0 Å². The third-order valence-corrected chi connectivity index (χ3v) is 4.26. The Kier molecular flexibility index (Phi) is 6.27. The van der Waals surface area contributed by atoms with Gasteiger partial charge in [0.25, 0.3) is 0 Å². The van der Waals surface area contributed by atoms with Gasteiger partial charge in [-0.25, -0.2) is 4.98 Å². The van der Waals surface area contributed by atoms with Crippen LogP contribution in [0.25, 0.3) is 0 Å². The second-order valence-electron chi connectivity index (χ2n) is 5.90. The zero-order valence-electron chi connectivity index (χ0n) is 13.7. The van der Waals surface area contributed by atoms with Crippen LogP contribution in [0, 0.1) is 5.92 Å². The normalized spacial score (nSPS) is 22.0. The second-order valence-corrected chi connectivity index (χ2v) is 5.90. The highest BCUT2D eigenvalue weighted by Crippen LogP contribution is 2.30. The van der Waals surface area contributed by atoms with Gasteiger partial charge in [-0.2, -0.15) is 4.98 Å². The number of hydrogen-bond donors (Lipinski definition) is 1. The van der Waals surface area contributed by atoms with Crippen LogP contribution in [0.1, 0.15) is 65.1 Å². The van der Waals surface area contributed by atoms with Crippen molar-refractivity contribution in [2.75, 3.05) is 11.9 Å². The van der Waals surface area contributed by atoms with E-state index in [2.05, 4.69) is 36.1 Å². The largest absolute Gasteiger partial charge is 0.474 e. The molecule has 1 aromatic rings. The van der Waals surface area contributed by atoms with E-state index in [4.69, 9.17) is 4.74 Å². The van der Waals surface area contributed by atoms with E-state index in [1.165, 1.54) is 25.7 Å². The van der Waals surface area contributed by atoms with Crippen LogP contribution in [-0.4, -0.2) is 22.6 Å². The predicted molar refractivity (Wildman–Crippen MR) is 86.9 cm³/mol. The molecule has 0 radical (unpaired) electrons. The van der Waals surface area contributed by atoms with E-state index in [0.29, 0.717) is 12.0 Å². The molecule has 1 N–H and O–H groups in total. The first kappa shape index (κ1) is 16.1. The lowest BCUT2D eigenvalue weighted by atomic mass is 9.85. The highest BCUT2D eigenvalue weighted by Gasteiger charge is 2.25. The highest BCUT2D eigenvalue weighted by atomic mass is 16.5. The molecule has 0 amide bonds. The van der Waals surface area contributed by atoms with Gasteiger partial charge in [0.05, 0.1) is 0 Å². The van der Waals surface area contributed by atoms with E-state index in [9.17, 15) is 0 Å². The molecule has 0 saturated heterocycles. The smallest absolute Gasteiger partial charge is 0.219 e. The summed E-state index contributed by atoms with van der Waals surface area (Å²) in [6.07, 6.45) is 8.48. The van der Waals surface area contributed by atoms with Crippen LogP contribution in [0.5, 0.6) is 5.88 Å². The van der Waals surface area contributed by atoms with E-state index >= 15 is 0 Å². The minimum atomic E-state index is 0.322. The summed E-state index contributed by atoms with van der Waals surface area (Å²) in [5.74, 6) is 3.16. The molecule has 1 saturated carbocycles. The van der Waals surface area contributed by atoms with Gasteiger partial charge in [-0.1, -0.05) is 27.2 Å². The fourth-order valence-electron chi connectivity index (χ4n) is 2.99. The Hall–Kier alpha value is -1.32. The average molecular weight is 291 g/mol. The Morgan fingerprint density at radius 1 is 1.19 bits per heavy atom. The maximum Gasteiger partial charge on any atom is 0.219 e. The Balaban J connectivity index is 2.10. The molecule has 0 aliphatic heterocycles. The third kappa shape index (κ3) is 4.58. The minimum Gasteiger partial charge on any atom is -0.474 e. The first-order valence-electron chi connectivity index (χ1n) is 8.55. The fourth-order valence-corrected chi connectivity index (χ4v) is 2.99. The van der Waals surface area contributed by atoms with Gasteiger partial charge < -0.3 is 10.1 Å². The van der Waals surface area contributed by atoms with Crippen molar-refractivity contribution in [2.45, 2.75) is 71.8 Å². The quantitative estimate of drug-likeness (QED) is 0.817. The van der Waals surface area contributed by atoms with Crippen LogP contribution in [0.4, 0.5) is 5.82 Å². The zero-order valence-corrected chi connectivity index (χ0v) is 13.7. The van der Waals surface area contributed by atoms with E-state index in [1.807, 2.05) is 6.07 Å².